The molecule has 0 radical (unpaired) electrons. The van der Waals surface area contributed by atoms with Crippen LogP contribution in [0.3, 0.4) is 0 Å². The van der Waals surface area contributed by atoms with Crippen molar-refractivity contribution in [3.8, 4) is 0 Å². The second-order valence-corrected chi connectivity index (χ2v) is 9.95. The van der Waals surface area contributed by atoms with Gasteiger partial charge in [0.05, 0.1) is 6.16 Å². The van der Waals surface area contributed by atoms with Crippen molar-refractivity contribution in [1.29, 1.82) is 0 Å². The van der Waals surface area contributed by atoms with E-state index < -0.39 is 7.26 Å². The molecule has 0 unspecified atom stereocenters. The Morgan fingerprint density at radius 2 is 0.714 bits per heavy atom. The Labute approximate surface area is 187 Å². The topological polar surface area (TPSA) is 0 Å². The summed E-state index contributed by atoms with van der Waals surface area (Å²) < 4.78 is 0. The van der Waals surface area contributed by atoms with Crippen LogP contribution < -0.4 is 28.3 Å². The van der Waals surface area contributed by atoms with Gasteiger partial charge in [-0.3, -0.25) is 0 Å². The van der Waals surface area contributed by atoms with Crippen LogP contribution in [0.4, 0.5) is 0 Å². The van der Waals surface area contributed by atoms with E-state index in [4.69, 9.17) is 0 Å². The van der Waals surface area contributed by atoms with E-state index in [9.17, 15) is 0 Å². The van der Waals surface area contributed by atoms with E-state index in [2.05, 4.69) is 121 Å². The van der Waals surface area contributed by atoms with Gasteiger partial charge >= 0.3 is 0 Å². The van der Waals surface area contributed by atoms with Crippen LogP contribution in [0.5, 0.6) is 0 Å². The first-order valence-corrected chi connectivity index (χ1v) is 11.0. The molecule has 4 aromatic carbocycles. The van der Waals surface area contributed by atoms with Gasteiger partial charge in [0, 0.05) is 19.5 Å². The molecule has 0 aromatic heterocycles. The largest absolute Gasteiger partial charge is 1.00 e. The Balaban J connectivity index is 0.00000140. The summed E-state index contributed by atoms with van der Waals surface area (Å²) in [5, 5.41) is 4.30. The third kappa shape index (κ3) is 4.61. The van der Waals surface area contributed by atoms with Crippen molar-refractivity contribution in [2.45, 2.75) is 6.16 Å². The first-order valence-electron chi connectivity index (χ1n) is 8.98. The molecule has 0 bridgehead atoms. The molecule has 0 atom stereocenters. The van der Waals surface area contributed by atoms with Crippen molar-refractivity contribution < 1.29 is 31.9 Å². The molecule has 4 aromatic rings. The fourth-order valence-electron chi connectivity index (χ4n) is 3.63. The molecule has 0 fully saturated rings. The third-order valence-electron chi connectivity index (χ3n) is 4.85. The van der Waals surface area contributed by atoms with Crippen LogP contribution in [0, 0.1) is 0 Å². The van der Waals surface area contributed by atoms with Crippen LogP contribution in [0.25, 0.3) is 0 Å². The Kier molecular flexibility index (Phi) is 8.59. The summed E-state index contributed by atoms with van der Waals surface area (Å²) in [6.45, 7) is 0. The van der Waals surface area contributed by atoms with Crippen LogP contribution in [0.1, 0.15) is 5.56 Å². The van der Waals surface area contributed by atoms with Crippen LogP contribution in [-0.4, -0.2) is 0 Å². The molecular weight excluding hydrogens is 468 g/mol. The fraction of sp³-hybridized carbons (Fsp3) is 0.0400. The molecule has 0 aliphatic rings. The zero-order valence-corrected chi connectivity index (χ0v) is 18.8. The van der Waals surface area contributed by atoms with Gasteiger partial charge in [-0.15, -0.1) is 0 Å². The van der Waals surface area contributed by atoms with Crippen molar-refractivity contribution in [3.63, 3.8) is 0 Å². The molecule has 0 heterocycles. The molecule has 0 N–H and O–H groups in total. The van der Waals surface area contributed by atoms with E-state index in [1.807, 2.05) is 0 Å². The third-order valence-corrected chi connectivity index (χ3v) is 9.23. The Morgan fingerprint density at radius 1 is 0.429 bits per heavy atom. The van der Waals surface area contributed by atoms with E-state index in [1.54, 1.807) is 0 Å². The Bertz CT molecular complexity index is 848. The van der Waals surface area contributed by atoms with Crippen molar-refractivity contribution in [1.82, 2.24) is 0 Å². The molecule has 0 spiro atoms. The number of hydrogen-bond donors (Lipinski definition) is 0. The number of rotatable bonds is 5. The van der Waals surface area contributed by atoms with Crippen molar-refractivity contribution >= 4 is 23.2 Å². The average Bonchev–Trinajstić information content (AvgIpc) is 2.75. The van der Waals surface area contributed by atoms with Crippen molar-refractivity contribution in [3.05, 3.63) is 127 Å². The molecule has 4 rings (SSSR count). The van der Waals surface area contributed by atoms with Crippen LogP contribution >= 0.6 is 7.26 Å². The summed E-state index contributed by atoms with van der Waals surface area (Å²) in [4.78, 5) is 0. The summed E-state index contributed by atoms with van der Waals surface area (Å²) >= 11 is 0. The van der Waals surface area contributed by atoms with Crippen LogP contribution in [0.2, 0.25) is 0 Å². The van der Waals surface area contributed by atoms with Gasteiger partial charge < -0.3 is 12.4 Å². The van der Waals surface area contributed by atoms with Crippen LogP contribution in [0.15, 0.2) is 121 Å². The van der Waals surface area contributed by atoms with Gasteiger partial charge in [-0.25, -0.2) is 0 Å². The predicted molar refractivity (Wildman–Crippen MR) is 115 cm³/mol. The van der Waals surface area contributed by atoms with Crippen LogP contribution in [-0.2, 0) is 25.6 Å². The van der Waals surface area contributed by atoms with Gasteiger partial charge in [-0.1, -0.05) is 84.9 Å². The maximum absolute atomic E-state index is 2.30. The summed E-state index contributed by atoms with van der Waals surface area (Å²) in [6, 6.07) is 44.0. The number of benzene rings is 4. The summed E-state index contributed by atoms with van der Waals surface area (Å²) in [5.41, 5.74) is 1.39. The molecule has 0 saturated carbocycles. The minimum absolute atomic E-state index is 0. The zero-order chi connectivity index (χ0) is 17.7. The van der Waals surface area contributed by atoms with Gasteiger partial charge in [-0.2, -0.15) is 0 Å². The second-order valence-electron chi connectivity index (χ2n) is 6.46. The quantitative estimate of drug-likeness (QED) is 0.298. The first kappa shape index (κ1) is 22.5. The second kappa shape index (κ2) is 10.7. The zero-order valence-electron chi connectivity index (χ0n) is 15.4. The van der Waals surface area contributed by atoms with Crippen molar-refractivity contribution in [2.75, 3.05) is 0 Å². The molecule has 0 saturated heterocycles. The number of halogens is 1. The molecule has 0 aliphatic heterocycles. The Morgan fingerprint density at radius 3 is 1.04 bits per heavy atom. The minimum Gasteiger partial charge on any atom is -1.00 e. The Hall–Kier alpha value is -1.78. The van der Waals surface area contributed by atoms with Gasteiger partial charge in [0.25, 0.3) is 0 Å². The van der Waals surface area contributed by atoms with Gasteiger partial charge in [0.1, 0.15) is 23.2 Å². The van der Waals surface area contributed by atoms with E-state index in [0.29, 0.717) is 0 Å². The predicted octanol–water partition coefficient (Wildman–Crippen LogP) is 2.18. The van der Waals surface area contributed by atoms with E-state index in [-0.39, 0.29) is 31.9 Å². The molecule has 28 heavy (non-hydrogen) atoms. The summed E-state index contributed by atoms with van der Waals surface area (Å²) in [7, 11) is -1.78. The van der Waals surface area contributed by atoms with Crippen molar-refractivity contribution in [2.24, 2.45) is 0 Å². The monoisotopic (exact) mass is 490 g/mol. The number of hydrogen-bond acceptors (Lipinski definition) is 0. The normalized spacial score (nSPS) is 10.4. The molecular formula is C25H22ClPRu. The smallest absolute Gasteiger partial charge is 0.116 e. The molecule has 0 aliphatic carbocycles. The van der Waals surface area contributed by atoms with E-state index in [0.717, 1.165) is 6.16 Å². The first-order chi connectivity index (χ1) is 12.9. The van der Waals surface area contributed by atoms with E-state index in [1.165, 1.54) is 21.5 Å². The summed E-state index contributed by atoms with van der Waals surface area (Å²) in [5.74, 6) is 0. The average molecular weight is 490 g/mol. The SMILES string of the molecule is [Cl-].[Ru].c1ccc(C[P+](c2ccccc2)(c2ccccc2)c2ccccc2)cc1. The minimum atomic E-state index is -1.78. The summed E-state index contributed by atoms with van der Waals surface area (Å²) in [6.07, 6.45) is 1.03. The van der Waals surface area contributed by atoms with Gasteiger partial charge in [-0.05, 0) is 42.0 Å². The van der Waals surface area contributed by atoms with E-state index >= 15 is 0 Å². The fourth-order valence-corrected chi connectivity index (χ4v) is 7.87. The maximum atomic E-state index is 2.30. The molecule has 0 nitrogen and oxygen atoms in total. The molecule has 0 amide bonds. The van der Waals surface area contributed by atoms with Gasteiger partial charge in [0.15, 0.2) is 0 Å². The molecule has 3 heteroatoms. The standard InChI is InChI=1S/C25H22P.ClH.Ru/c1-5-13-22(14-6-1)21-26(23-15-7-2-8-16-23,24-17-9-3-10-18-24)25-19-11-4-12-20-25;;/h1-20H,21H2;1H;/q+1;;/p-1. The molecule has 142 valence electrons. The maximum Gasteiger partial charge on any atom is 0.116 e. The van der Waals surface area contributed by atoms with Gasteiger partial charge in [0.2, 0.25) is 0 Å².